The number of hydrogen-bond acceptors (Lipinski definition) is 5. The van der Waals surface area contributed by atoms with Crippen LogP contribution < -0.4 is 5.32 Å². The van der Waals surface area contributed by atoms with Gasteiger partial charge in [-0.25, -0.2) is 4.68 Å². The van der Waals surface area contributed by atoms with Crippen molar-refractivity contribution in [2.24, 2.45) is 13.0 Å². The van der Waals surface area contributed by atoms with Crippen LogP contribution in [0.1, 0.15) is 44.9 Å². The van der Waals surface area contributed by atoms with E-state index in [1.54, 1.807) is 28.8 Å². The molecule has 0 aliphatic carbocycles. The second kappa shape index (κ2) is 8.71. The predicted octanol–water partition coefficient (Wildman–Crippen LogP) is 1.90. The second-order valence-electron chi connectivity index (χ2n) is 8.12. The van der Waals surface area contributed by atoms with Crippen molar-refractivity contribution in [1.29, 1.82) is 0 Å². The number of carbonyl (C=O) groups excluding carboxylic acids is 2. The first-order chi connectivity index (χ1) is 14.9. The van der Waals surface area contributed by atoms with Crippen LogP contribution >= 0.6 is 0 Å². The molecular formula is C22H27N7O2. The molecule has 0 spiro atoms. The molecule has 4 rings (SSSR count). The Bertz CT molecular complexity index is 1090. The molecule has 3 heterocycles. The van der Waals surface area contributed by atoms with Crippen molar-refractivity contribution in [1.82, 2.24) is 35.0 Å². The summed E-state index contributed by atoms with van der Waals surface area (Å²) < 4.78 is 3.32. The zero-order chi connectivity index (χ0) is 22.0. The fraction of sp³-hybridized carbons (Fsp3) is 0.409. The minimum absolute atomic E-state index is 0.0887. The molecule has 9 heteroatoms. The number of hydrogen-bond donors (Lipinski definition) is 1. The summed E-state index contributed by atoms with van der Waals surface area (Å²) in [5.41, 5.74) is 3.71. The molecule has 1 fully saturated rings. The van der Waals surface area contributed by atoms with Gasteiger partial charge in [0.15, 0.2) is 5.69 Å². The van der Waals surface area contributed by atoms with Crippen LogP contribution in [-0.4, -0.2) is 61.1 Å². The third-order valence-electron chi connectivity index (χ3n) is 5.76. The van der Waals surface area contributed by atoms with E-state index < -0.39 is 0 Å². The number of nitrogens with one attached hydrogen (secondary N) is 1. The smallest absolute Gasteiger partial charge is 0.276 e. The van der Waals surface area contributed by atoms with Crippen LogP contribution in [0.2, 0.25) is 0 Å². The van der Waals surface area contributed by atoms with Gasteiger partial charge in [0.25, 0.3) is 11.8 Å². The van der Waals surface area contributed by atoms with Gasteiger partial charge >= 0.3 is 0 Å². The van der Waals surface area contributed by atoms with Gasteiger partial charge < -0.3 is 10.2 Å². The number of carbonyl (C=O) groups is 2. The van der Waals surface area contributed by atoms with Crippen LogP contribution in [0.15, 0.2) is 36.7 Å². The molecule has 1 aliphatic rings. The Labute approximate surface area is 181 Å². The van der Waals surface area contributed by atoms with E-state index >= 15 is 0 Å². The van der Waals surface area contributed by atoms with Crippen LogP contribution in [-0.2, 0) is 7.05 Å². The average molecular weight is 422 g/mol. The number of benzene rings is 1. The number of aromatic nitrogens is 5. The summed E-state index contributed by atoms with van der Waals surface area (Å²) in [6, 6.07) is 7.95. The Hall–Kier alpha value is -3.49. The number of aryl methyl sites for hydroxylation is 2. The van der Waals surface area contributed by atoms with E-state index in [0.29, 0.717) is 36.8 Å². The predicted molar refractivity (Wildman–Crippen MR) is 115 cm³/mol. The van der Waals surface area contributed by atoms with Gasteiger partial charge in [-0.1, -0.05) is 17.3 Å². The summed E-state index contributed by atoms with van der Waals surface area (Å²) in [4.78, 5) is 27.0. The molecule has 3 aromatic rings. The SMILES string of the molecule is Cc1cccc(-n2nnc(C(=O)N3CCC(CNC(=O)c4cnn(C)c4)CC3)c2C)c1. The molecule has 31 heavy (non-hydrogen) atoms. The Balaban J connectivity index is 1.33. The van der Waals surface area contributed by atoms with E-state index in [0.717, 1.165) is 29.8 Å². The van der Waals surface area contributed by atoms with Crippen LogP contribution in [0.25, 0.3) is 5.69 Å². The van der Waals surface area contributed by atoms with Crippen molar-refractivity contribution < 1.29 is 9.59 Å². The van der Waals surface area contributed by atoms with Gasteiger partial charge in [-0.3, -0.25) is 14.3 Å². The third kappa shape index (κ3) is 4.50. The first-order valence-corrected chi connectivity index (χ1v) is 10.5. The van der Waals surface area contributed by atoms with Crippen molar-refractivity contribution in [2.75, 3.05) is 19.6 Å². The lowest BCUT2D eigenvalue weighted by molar-refractivity contribution is 0.0677. The lowest BCUT2D eigenvalue weighted by atomic mass is 9.96. The van der Waals surface area contributed by atoms with E-state index in [1.165, 1.54) is 0 Å². The minimum Gasteiger partial charge on any atom is -0.352 e. The summed E-state index contributed by atoms with van der Waals surface area (Å²) in [7, 11) is 1.78. The molecule has 1 aliphatic heterocycles. The Morgan fingerprint density at radius 1 is 1.19 bits per heavy atom. The normalized spacial score (nSPS) is 14.6. The fourth-order valence-corrected chi connectivity index (χ4v) is 3.90. The molecule has 0 radical (unpaired) electrons. The molecule has 2 amide bonds. The number of amides is 2. The van der Waals surface area contributed by atoms with Crippen molar-refractivity contribution in [3.05, 3.63) is 59.2 Å². The summed E-state index contributed by atoms with van der Waals surface area (Å²) in [5.74, 6) is 0.137. The van der Waals surface area contributed by atoms with E-state index in [4.69, 9.17) is 0 Å². The van der Waals surface area contributed by atoms with Crippen molar-refractivity contribution in [2.45, 2.75) is 26.7 Å². The number of nitrogens with zero attached hydrogens (tertiary/aromatic N) is 6. The minimum atomic E-state index is -0.116. The third-order valence-corrected chi connectivity index (χ3v) is 5.76. The van der Waals surface area contributed by atoms with Crippen molar-refractivity contribution >= 4 is 11.8 Å². The van der Waals surface area contributed by atoms with Gasteiger partial charge in [-0.15, -0.1) is 5.10 Å². The highest BCUT2D eigenvalue weighted by molar-refractivity contribution is 5.94. The maximum absolute atomic E-state index is 13.0. The quantitative estimate of drug-likeness (QED) is 0.679. The maximum atomic E-state index is 13.0. The van der Waals surface area contributed by atoms with Gasteiger partial charge in [-0.2, -0.15) is 5.10 Å². The highest BCUT2D eigenvalue weighted by Gasteiger charge is 2.27. The molecule has 9 nitrogen and oxygen atoms in total. The van der Waals surface area contributed by atoms with Crippen LogP contribution in [0.4, 0.5) is 0 Å². The van der Waals surface area contributed by atoms with Gasteiger partial charge in [0.05, 0.1) is 23.1 Å². The summed E-state index contributed by atoms with van der Waals surface area (Å²) in [5, 5.41) is 15.4. The van der Waals surface area contributed by atoms with Crippen LogP contribution in [0.5, 0.6) is 0 Å². The number of likely N-dealkylation sites (tertiary alicyclic amines) is 1. The fourth-order valence-electron chi connectivity index (χ4n) is 3.90. The largest absolute Gasteiger partial charge is 0.352 e. The van der Waals surface area contributed by atoms with Crippen molar-refractivity contribution in [3.63, 3.8) is 0 Å². The number of piperidine rings is 1. The van der Waals surface area contributed by atoms with Gasteiger partial charge in [0, 0.05) is 32.9 Å². The van der Waals surface area contributed by atoms with E-state index in [1.807, 2.05) is 43.0 Å². The molecule has 0 saturated carbocycles. The lowest BCUT2D eigenvalue weighted by Crippen LogP contribution is -2.41. The average Bonchev–Trinajstić information content (AvgIpc) is 3.37. The lowest BCUT2D eigenvalue weighted by Gasteiger charge is -2.31. The van der Waals surface area contributed by atoms with Crippen LogP contribution in [0.3, 0.4) is 0 Å². The standard InChI is InChI=1S/C22H27N7O2/c1-15-5-4-6-19(11-15)29-16(2)20(25-26-29)22(31)28-9-7-17(8-10-28)12-23-21(30)18-13-24-27(3)14-18/h4-6,11,13-14,17H,7-10,12H2,1-3H3,(H,23,30). The van der Waals surface area contributed by atoms with Gasteiger partial charge in [0.1, 0.15) is 0 Å². The highest BCUT2D eigenvalue weighted by atomic mass is 16.2. The zero-order valence-corrected chi connectivity index (χ0v) is 18.1. The van der Waals surface area contributed by atoms with E-state index in [2.05, 4.69) is 20.7 Å². The maximum Gasteiger partial charge on any atom is 0.276 e. The Morgan fingerprint density at radius 2 is 1.97 bits per heavy atom. The molecule has 0 bridgehead atoms. The van der Waals surface area contributed by atoms with Crippen LogP contribution in [0, 0.1) is 19.8 Å². The molecule has 0 unspecified atom stereocenters. The molecule has 1 N–H and O–H groups in total. The van der Waals surface area contributed by atoms with Gasteiger partial charge in [0.2, 0.25) is 0 Å². The number of rotatable bonds is 5. The molecule has 1 saturated heterocycles. The second-order valence-corrected chi connectivity index (χ2v) is 8.12. The molecule has 162 valence electrons. The molecular weight excluding hydrogens is 394 g/mol. The first-order valence-electron chi connectivity index (χ1n) is 10.5. The summed E-state index contributed by atoms with van der Waals surface area (Å²) in [6.07, 6.45) is 4.93. The summed E-state index contributed by atoms with van der Waals surface area (Å²) in [6.45, 7) is 5.77. The highest BCUT2D eigenvalue weighted by Crippen LogP contribution is 2.20. The molecule has 0 atom stereocenters. The first kappa shape index (κ1) is 20.8. The van der Waals surface area contributed by atoms with Gasteiger partial charge in [-0.05, 0) is 50.3 Å². The summed E-state index contributed by atoms with van der Waals surface area (Å²) >= 11 is 0. The van der Waals surface area contributed by atoms with Crippen molar-refractivity contribution in [3.8, 4) is 5.69 Å². The molecule has 2 aromatic heterocycles. The Morgan fingerprint density at radius 3 is 2.65 bits per heavy atom. The van der Waals surface area contributed by atoms with E-state index in [-0.39, 0.29) is 11.8 Å². The zero-order valence-electron chi connectivity index (χ0n) is 18.1. The topological polar surface area (TPSA) is 97.9 Å². The Kier molecular flexibility index (Phi) is 5.83. The monoisotopic (exact) mass is 421 g/mol. The molecule has 1 aromatic carbocycles. The van der Waals surface area contributed by atoms with E-state index in [9.17, 15) is 9.59 Å².